The first-order valence-corrected chi connectivity index (χ1v) is 10.2. The number of benzene rings is 2. The Morgan fingerprint density at radius 2 is 1.84 bits per heavy atom. The van der Waals surface area contributed by atoms with Gasteiger partial charge < -0.3 is 19.5 Å². The van der Waals surface area contributed by atoms with Crippen LogP contribution in [0, 0.1) is 0 Å². The van der Waals surface area contributed by atoms with Crippen LogP contribution in [-0.4, -0.2) is 43.6 Å². The number of hydrogen-bond donors (Lipinski definition) is 1. The van der Waals surface area contributed by atoms with E-state index in [0.717, 1.165) is 12.0 Å². The summed E-state index contributed by atoms with van der Waals surface area (Å²) in [6.07, 6.45) is 1.41. The molecule has 8 nitrogen and oxygen atoms in total. The molecular weight excluding hydrogens is 483 g/mol. The molecule has 0 radical (unpaired) electrons. The molecule has 0 aliphatic carbocycles. The Morgan fingerprint density at radius 3 is 2.50 bits per heavy atom. The van der Waals surface area contributed by atoms with Crippen molar-refractivity contribution in [1.82, 2.24) is 10.2 Å². The zero-order chi connectivity index (χ0) is 23.4. The highest BCUT2D eigenvalue weighted by molar-refractivity contribution is 6.35. The van der Waals surface area contributed by atoms with Gasteiger partial charge in [-0.1, -0.05) is 40.9 Å². The number of rotatable bonds is 7. The average molecular weight is 500 g/mol. The number of halogens is 3. The lowest BCUT2D eigenvalue weighted by molar-refractivity contribution is -0.143. The lowest BCUT2D eigenvalue weighted by atomic mass is 10.1. The van der Waals surface area contributed by atoms with Gasteiger partial charge in [0, 0.05) is 15.6 Å². The SMILES string of the molecule is COC(=O)CN1C(=O)NC(=Cc2cc(Cl)c(OCc3ccc(Cl)cc3Cl)c(OC)c2)C1=O. The van der Waals surface area contributed by atoms with Crippen LogP contribution in [0.3, 0.4) is 0 Å². The van der Waals surface area contributed by atoms with Crippen molar-refractivity contribution in [2.45, 2.75) is 6.61 Å². The van der Waals surface area contributed by atoms with Crippen molar-refractivity contribution in [1.29, 1.82) is 0 Å². The van der Waals surface area contributed by atoms with E-state index in [9.17, 15) is 14.4 Å². The van der Waals surface area contributed by atoms with Crippen LogP contribution >= 0.6 is 34.8 Å². The van der Waals surface area contributed by atoms with Crippen LogP contribution < -0.4 is 14.8 Å². The monoisotopic (exact) mass is 498 g/mol. The number of carbonyl (C=O) groups excluding carboxylic acids is 3. The summed E-state index contributed by atoms with van der Waals surface area (Å²) in [5.41, 5.74) is 1.14. The molecule has 0 saturated carbocycles. The molecule has 1 saturated heterocycles. The maximum absolute atomic E-state index is 12.4. The van der Waals surface area contributed by atoms with Crippen LogP contribution in [0.1, 0.15) is 11.1 Å². The molecule has 0 atom stereocenters. The molecule has 11 heteroatoms. The number of nitrogens with zero attached hydrogens (tertiary/aromatic N) is 1. The van der Waals surface area contributed by atoms with Crippen LogP contribution in [0.15, 0.2) is 36.0 Å². The molecule has 1 fully saturated rings. The van der Waals surface area contributed by atoms with Crippen molar-refractivity contribution in [3.05, 3.63) is 62.2 Å². The minimum Gasteiger partial charge on any atom is -0.493 e. The third-order valence-electron chi connectivity index (χ3n) is 4.43. The average Bonchev–Trinajstić information content (AvgIpc) is 3.00. The molecule has 168 valence electrons. The van der Waals surface area contributed by atoms with E-state index in [1.165, 1.54) is 19.3 Å². The fourth-order valence-electron chi connectivity index (χ4n) is 2.83. The van der Waals surface area contributed by atoms with Crippen LogP contribution in [0.5, 0.6) is 11.5 Å². The third kappa shape index (κ3) is 5.27. The van der Waals surface area contributed by atoms with Crippen LogP contribution in [0.2, 0.25) is 15.1 Å². The molecule has 2 aromatic rings. The third-order valence-corrected chi connectivity index (χ3v) is 5.29. The van der Waals surface area contributed by atoms with Crippen LogP contribution in [0.25, 0.3) is 6.08 Å². The fourth-order valence-corrected chi connectivity index (χ4v) is 3.56. The van der Waals surface area contributed by atoms with E-state index in [0.29, 0.717) is 26.9 Å². The standard InChI is InChI=1S/C21H17Cl3N2O6/c1-30-17-7-11(6-16-20(28)26(21(29)25-16)9-18(27)31-2)5-15(24)19(17)32-10-12-3-4-13(22)8-14(12)23/h3-8H,9-10H2,1-2H3,(H,25,29). The van der Waals surface area contributed by atoms with Crippen LogP contribution in [-0.2, 0) is 20.9 Å². The van der Waals surface area contributed by atoms with Gasteiger partial charge in [0.15, 0.2) is 11.5 Å². The van der Waals surface area contributed by atoms with Crippen molar-refractivity contribution in [2.75, 3.05) is 20.8 Å². The zero-order valence-corrected chi connectivity index (χ0v) is 19.2. The lowest BCUT2D eigenvalue weighted by Crippen LogP contribution is -2.36. The highest BCUT2D eigenvalue weighted by Crippen LogP contribution is 2.38. The zero-order valence-electron chi connectivity index (χ0n) is 16.9. The Kier molecular flexibility index (Phi) is 7.50. The number of carbonyl (C=O) groups is 3. The van der Waals surface area contributed by atoms with E-state index >= 15 is 0 Å². The first kappa shape index (κ1) is 23.7. The minimum atomic E-state index is -0.732. The van der Waals surface area contributed by atoms with Crippen molar-refractivity contribution in [3.8, 4) is 11.5 Å². The van der Waals surface area contributed by atoms with Crippen molar-refractivity contribution in [2.24, 2.45) is 0 Å². The summed E-state index contributed by atoms with van der Waals surface area (Å²) in [5.74, 6) is -0.816. The number of nitrogens with one attached hydrogen (secondary N) is 1. The summed E-state index contributed by atoms with van der Waals surface area (Å²) in [5, 5.41) is 3.57. The number of imide groups is 1. The number of esters is 1. The molecule has 2 aromatic carbocycles. The molecule has 1 N–H and O–H groups in total. The van der Waals surface area contributed by atoms with Crippen molar-refractivity contribution >= 4 is 58.8 Å². The van der Waals surface area contributed by atoms with Gasteiger partial charge in [0.1, 0.15) is 18.8 Å². The van der Waals surface area contributed by atoms with Gasteiger partial charge in [-0.05, 0) is 35.9 Å². The van der Waals surface area contributed by atoms with E-state index in [-0.39, 0.29) is 23.1 Å². The van der Waals surface area contributed by atoms with Gasteiger partial charge >= 0.3 is 12.0 Å². The number of methoxy groups -OCH3 is 2. The summed E-state index contributed by atoms with van der Waals surface area (Å²) in [7, 11) is 2.60. The maximum Gasteiger partial charge on any atom is 0.329 e. The molecule has 3 amide bonds. The van der Waals surface area contributed by atoms with E-state index in [2.05, 4.69) is 10.1 Å². The number of ether oxygens (including phenoxy) is 3. The Balaban J connectivity index is 1.82. The van der Waals surface area contributed by atoms with Crippen molar-refractivity contribution < 1.29 is 28.6 Å². The smallest absolute Gasteiger partial charge is 0.329 e. The number of urea groups is 1. The first-order chi connectivity index (χ1) is 15.2. The Bertz CT molecular complexity index is 1120. The van der Waals surface area contributed by atoms with E-state index in [4.69, 9.17) is 44.3 Å². The minimum absolute atomic E-state index is 0.0290. The normalized spacial score (nSPS) is 14.5. The van der Waals surface area contributed by atoms with Gasteiger partial charge in [-0.3, -0.25) is 9.59 Å². The predicted molar refractivity (Wildman–Crippen MR) is 119 cm³/mol. The van der Waals surface area contributed by atoms with E-state index in [1.54, 1.807) is 24.3 Å². The van der Waals surface area contributed by atoms with E-state index < -0.39 is 24.5 Å². The molecule has 0 bridgehead atoms. The lowest BCUT2D eigenvalue weighted by Gasteiger charge is -2.14. The molecule has 1 aliphatic rings. The molecular formula is C21H17Cl3N2O6. The number of hydrogen-bond acceptors (Lipinski definition) is 6. The van der Waals surface area contributed by atoms with Gasteiger partial charge in [-0.25, -0.2) is 9.69 Å². The molecule has 0 spiro atoms. The van der Waals surface area contributed by atoms with Gasteiger partial charge in [0.05, 0.1) is 19.2 Å². The molecule has 1 heterocycles. The highest BCUT2D eigenvalue weighted by Gasteiger charge is 2.35. The predicted octanol–water partition coefficient (Wildman–Crippen LogP) is 4.30. The summed E-state index contributed by atoms with van der Waals surface area (Å²) in [4.78, 5) is 36.6. The Hall–Kier alpha value is -2.94. The molecule has 32 heavy (non-hydrogen) atoms. The van der Waals surface area contributed by atoms with Crippen LogP contribution in [0.4, 0.5) is 4.79 Å². The second kappa shape index (κ2) is 10.1. The van der Waals surface area contributed by atoms with E-state index in [1.807, 2.05) is 0 Å². The Labute approximate surface area is 198 Å². The maximum atomic E-state index is 12.4. The largest absolute Gasteiger partial charge is 0.493 e. The summed E-state index contributed by atoms with van der Waals surface area (Å²) in [6.45, 7) is -0.383. The van der Waals surface area contributed by atoms with Gasteiger partial charge in [-0.15, -0.1) is 0 Å². The van der Waals surface area contributed by atoms with Crippen molar-refractivity contribution in [3.63, 3.8) is 0 Å². The van der Waals surface area contributed by atoms with Gasteiger partial charge in [0.2, 0.25) is 0 Å². The summed E-state index contributed by atoms with van der Waals surface area (Å²) in [6, 6.07) is 7.42. The Morgan fingerprint density at radius 1 is 1.09 bits per heavy atom. The molecule has 0 aromatic heterocycles. The number of amides is 3. The summed E-state index contributed by atoms with van der Waals surface area (Å²) < 4.78 is 15.7. The molecule has 1 aliphatic heterocycles. The quantitative estimate of drug-likeness (QED) is 0.347. The molecule has 0 unspecified atom stereocenters. The van der Waals surface area contributed by atoms with Gasteiger partial charge in [-0.2, -0.15) is 0 Å². The second-order valence-corrected chi connectivity index (χ2v) is 7.76. The van der Waals surface area contributed by atoms with Gasteiger partial charge in [0.25, 0.3) is 5.91 Å². The first-order valence-electron chi connectivity index (χ1n) is 9.09. The molecule has 3 rings (SSSR count). The fraction of sp³-hybridized carbons (Fsp3) is 0.190. The highest BCUT2D eigenvalue weighted by atomic mass is 35.5. The summed E-state index contributed by atoms with van der Waals surface area (Å²) >= 11 is 18.5. The topological polar surface area (TPSA) is 94.2 Å². The second-order valence-electron chi connectivity index (χ2n) is 6.51.